The van der Waals surface area contributed by atoms with Gasteiger partial charge in [0.15, 0.2) is 0 Å². The normalized spacial score (nSPS) is 45.3. The smallest absolute Gasteiger partial charge is 0.0577 e. The first-order valence-corrected chi connectivity index (χ1v) is 13.6. The van der Waals surface area contributed by atoms with Crippen molar-refractivity contribution in [2.75, 3.05) is 0 Å². The summed E-state index contributed by atoms with van der Waals surface area (Å²) in [5.74, 6) is 6.31. The molecule has 9 atom stereocenters. The van der Waals surface area contributed by atoms with E-state index in [0.717, 1.165) is 54.3 Å². The first kappa shape index (κ1) is 22.9. The highest BCUT2D eigenvalue weighted by Gasteiger charge is 2.59. The standard InChI is InChI=1S/C29H50O/c1-7-21(19(2)3)9-8-20(4)25-12-13-26-24-11-10-22-18-23(30)14-16-28(22,5)27(24)15-17-29(25,26)6/h10,19-21,23-27,30H,7-9,11-18H2,1-6H3/t20-,21-,23+,24+,25-,26+,27?,28+,29-/m1/s1. The van der Waals surface area contributed by atoms with Gasteiger partial charge in [0, 0.05) is 0 Å². The highest BCUT2D eigenvalue weighted by molar-refractivity contribution is 5.25. The van der Waals surface area contributed by atoms with Crippen molar-refractivity contribution in [2.45, 2.75) is 118 Å². The summed E-state index contributed by atoms with van der Waals surface area (Å²) >= 11 is 0. The number of hydrogen-bond donors (Lipinski definition) is 1. The molecule has 0 spiro atoms. The molecule has 0 aliphatic heterocycles. The summed E-state index contributed by atoms with van der Waals surface area (Å²) in [5.41, 5.74) is 2.59. The molecule has 172 valence electrons. The first-order chi connectivity index (χ1) is 14.2. The fourth-order valence-electron chi connectivity index (χ4n) is 9.30. The molecule has 3 fully saturated rings. The van der Waals surface area contributed by atoms with Gasteiger partial charge in [-0.15, -0.1) is 0 Å². The maximum atomic E-state index is 10.2. The predicted molar refractivity (Wildman–Crippen MR) is 128 cm³/mol. The highest BCUT2D eigenvalue weighted by Crippen LogP contribution is 2.67. The van der Waals surface area contributed by atoms with Gasteiger partial charge < -0.3 is 5.11 Å². The zero-order valence-corrected chi connectivity index (χ0v) is 20.9. The number of aliphatic hydroxyl groups excluding tert-OH is 1. The molecule has 0 amide bonds. The summed E-state index contributed by atoms with van der Waals surface area (Å²) in [6.45, 7) is 15.1. The molecule has 0 heterocycles. The molecule has 4 rings (SSSR count). The van der Waals surface area contributed by atoms with Gasteiger partial charge in [-0.25, -0.2) is 0 Å². The molecule has 0 bridgehead atoms. The summed E-state index contributed by atoms with van der Waals surface area (Å²) < 4.78 is 0. The predicted octanol–water partition coefficient (Wildman–Crippen LogP) is 8.02. The fraction of sp³-hybridized carbons (Fsp3) is 0.931. The second kappa shape index (κ2) is 8.57. The number of aliphatic hydroxyl groups is 1. The fourth-order valence-corrected chi connectivity index (χ4v) is 9.30. The van der Waals surface area contributed by atoms with Gasteiger partial charge in [-0.2, -0.15) is 0 Å². The molecule has 1 nitrogen and oxygen atoms in total. The Balaban J connectivity index is 1.47. The lowest BCUT2D eigenvalue weighted by Gasteiger charge is -2.58. The average Bonchev–Trinajstić information content (AvgIpc) is 3.06. The van der Waals surface area contributed by atoms with Crippen LogP contribution in [0.5, 0.6) is 0 Å². The molecule has 3 saturated carbocycles. The lowest BCUT2D eigenvalue weighted by molar-refractivity contribution is -0.0575. The van der Waals surface area contributed by atoms with Crippen LogP contribution < -0.4 is 0 Å². The van der Waals surface area contributed by atoms with Gasteiger partial charge in [-0.1, -0.05) is 66.0 Å². The zero-order chi connectivity index (χ0) is 21.7. The Kier molecular flexibility index (Phi) is 6.53. The third-order valence-corrected chi connectivity index (χ3v) is 11.3. The van der Waals surface area contributed by atoms with Crippen LogP contribution in [0.1, 0.15) is 112 Å². The topological polar surface area (TPSA) is 20.2 Å². The molecule has 0 radical (unpaired) electrons. The lowest BCUT2D eigenvalue weighted by atomic mass is 9.47. The van der Waals surface area contributed by atoms with Crippen LogP contribution in [0.25, 0.3) is 0 Å². The molecule has 4 aliphatic rings. The second-order valence-corrected chi connectivity index (χ2v) is 12.9. The Bertz CT molecular complexity index is 634. The molecule has 0 aromatic heterocycles. The summed E-state index contributed by atoms with van der Waals surface area (Å²) in [7, 11) is 0. The van der Waals surface area contributed by atoms with Gasteiger partial charge in [0.05, 0.1) is 6.10 Å². The summed E-state index contributed by atoms with van der Waals surface area (Å²) in [6.07, 6.45) is 17.1. The molecule has 1 heteroatoms. The van der Waals surface area contributed by atoms with Crippen LogP contribution in [0.2, 0.25) is 0 Å². The molecule has 0 aromatic rings. The Hall–Kier alpha value is -0.300. The van der Waals surface area contributed by atoms with Crippen LogP contribution >= 0.6 is 0 Å². The van der Waals surface area contributed by atoms with Crippen LogP contribution in [0.3, 0.4) is 0 Å². The largest absolute Gasteiger partial charge is 0.393 e. The molecular formula is C29H50O. The Labute approximate surface area is 187 Å². The molecule has 0 aromatic carbocycles. The second-order valence-electron chi connectivity index (χ2n) is 12.9. The van der Waals surface area contributed by atoms with Crippen molar-refractivity contribution in [3.8, 4) is 0 Å². The van der Waals surface area contributed by atoms with E-state index in [9.17, 15) is 5.11 Å². The summed E-state index contributed by atoms with van der Waals surface area (Å²) in [6, 6.07) is 0. The van der Waals surface area contributed by atoms with Crippen LogP contribution in [-0.4, -0.2) is 11.2 Å². The van der Waals surface area contributed by atoms with E-state index in [0.29, 0.717) is 10.8 Å². The quantitative estimate of drug-likeness (QED) is 0.436. The maximum absolute atomic E-state index is 10.2. The minimum absolute atomic E-state index is 0.0794. The minimum Gasteiger partial charge on any atom is -0.393 e. The average molecular weight is 415 g/mol. The van der Waals surface area contributed by atoms with E-state index in [2.05, 4.69) is 47.6 Å². The van der Waals surface area contributed by atoms with Crippen molar-refractivity contribution >= 4 is 0 Å². The molecule has 0 saturated heterocycles. The maximum Gasteiger partial charge on any atom is 0.0577 e. The van der Waals surface area contributed by atoms with Gasteiger partial charge in [0.2, 0.25) is 0 Å². The molecule has 1 N–H and O–H groups in total. The SMILES string of the molecule is CC[C@H](CC[C@@H](C)[C@H]1CC[C@H]2[C@@H]3CC=C4C[C@@H](O)CC[C@]4(C)C3CC[C@]12C)C(C)C. The monoisotopic (exact) mass is 414 g/mol. The molecule has 4 aliphatic carbocycles. The van der Waals surface area contributed by atoms with E-state index in [4.69, 9.17) is 0 Å². The summed E-state index contributed by atoms with van der Waals surface area (Å²) in [4.78, 5) is 0. The van der Waals surface area contributed by atoms with Crippen molar-refractivity contribution in [3.63, 3.8) is 0 Å². The Morgan fingerprint density at radius 2 is 1.77 bits per heavy atom. The molecule has 1 unspecified atom stereocenters. The minimum atomic E-state index is -0.0794. The van der Waals surface area contributed by atoms with Gasteiger partial charge in [-0.05, 0) is 110 Å². The number of hydrogen-bond acceptors (Lipinski definition) is 1. The van der Waals surface area contributed by atoms with Crippen LogP contribution in [0, 0.1) is 52.3 Å². The van der Waals surface area contributed by atoms with Gasteiger partial charge >= 0.3 is 0 Å². The van der Waals surface area contributed by atoms with Gasteiger partial charge in [0.1, 0.15) is 0 Å². The van der Waals surface area contributed by atoms with Crippen LogP contribution in [0.4, 0.5) is 0 Å². The van der Waals surface area contributed by atoms with Crippen molar-refractivity contribution in [2.24, 2.45) is 52.3 Å². The van der Waals surface area contributed by atoms with Crippen molar-refractivity contribution in [1.82, 2.24) is 0 Å². The van der Waals surface area contributed by atoms with E-state index in [1.54, 1.807) is 5.57 Å². The Morgan fingerprint density at radius 1 is 1.00 bits per heavy atom. The van der Waals surface area contributed by atoms with Crippen molar-refractivity contribution in [1.29, 1.82) is 0 Å². The van der Waals surface area contributed by atoms with Crippen molar-refractivity contribution in [3.05, 3.63) is 11.6 Å². The number of fused-ring (bicyclic) bond motifs is 5. The lowest BCUT2D eigenvalue weighted by Crippen LogP contribution is -2.50. The van der Waals surface area contributed by atoms with E-state index in [-0.39, 0.29) is 6.10 Å². The summed E-state index contributed by atoms with van der Waals surface area (Å²) in [5, 5.41) is 10.2. The highest BCUT2D eigenvalue weighted by atomic mass is 16.3. The number of allylic oxidation sites excluding steroid dienone is 1. The zero-order valence-electron chi connectivity index (χ0n) is 20.9. The number of rotatable bonds is 6. The third-order valence-electron chi connectivity index (χ3n) is 11.3. The first-order valence-electron chi connectivity index (χ1n) is 13.6. The van der Waals surface area contributed by atoms with Gasteiger partial charge in [0.25, 0.3) is 0 Å². The van der Waals surface area contributed by atoms with E-state index in [1.807, 2.05) is 0 Å². The Morgan fingerprint density at radius 3 is 2.47 bits per heavy atom. The van der Waals surface area contributed by atoms with Crippen molar-refractivity contribution < 1.29 is 5.11 Å². The van der Waals surface area contributed by atoms with E-state index < -0.39 is 0 Å². The molecular weight excluding hydrogens is 364 g/mol. The third kappa shape index (κ3) is 3.74. The van der Waals surface area contributed by atoms with E-state index in [1.165, 1.54) is 57.8 Å². The van der Waals surface area contributed by atoms with Crippen LogP contribution in [0.15, 0.2) is 11.6 Å². The van der Waals surface area contributed by atoms with Gasteiger partial charge in [-0.3, -0.25) is 0 Å². The van der Waals surface area contributed by atoms with E-state index >= 15 is 0 Å². The van der Waals surface area contributed by atoms with Crippen LogP contribution in [-0.2, 0) is 0 Å². The molecule has 30 heavy (non-hydrogen) atoms.